The minimum Gasteiger partial charge on any atom is -0.497 e. The lowest BCUT2D eigenvalue weighted by atomic mass is 9.90. The number of methoxy groups -OCH3 is 1. The standard InChI is InChI=1S/C36H46N4O3/c1-26-11-13-28(14-12-26)25-39(21-19-27-7-4-3-5-8-27)32-20-22-40(36(42)29-9-6-10-33(23-29)43-2)34(24-32)35(41)38-31-17-15-30(37)16-18-31/h3-14,23,30-32,34H,15-22,24-25,37H2,1-2H3,(H,38,41)/t30?,31?,32?,34-/m1/s1. The highest BCUT2D eigenvalue weighted by atomic mass is 16.5. The van der Waals surface area contributed by atoms with E-state index in [-0.39, 0.29) is 29.9 Å². The first-order valence-corrected chi connectivity index (χ1v) is 15.7. The highest BCUT2D eigenvalue weighted by Crippen LogP contribution is 2.28. The zero-order chi connectivity index (χ0) is 30.2. The van der Waals surface area contributed by atoms with Gasteiger partial charge in [0.05, 0.1) is 7.11 Å². The van der Waals surface area contributed by atoms with Crippen LogP contribution in [0.15, 0.2) is 78.9 Å². The summed E-state index contributed by atoms with van der Waals surface area (Å²) in [6.07, 6.45) is 5.90. The predicted molar refractivity (Wildman–Crippen MR) is 171 cm³/mol. The van der Waals surface area contributed by atoms with Gasteiger partial charge in [0.15, 0.2) is 0 Å². The lowest BCUT2D eigenvalue weighted by Crippen LogP contribution is -2.58. The van der Waals surface area contributed by atoms with E-state index in [1.54, 1.807) is 24.1 Å². The SMILES string of the molecule is COc1cccc(C(=O)N2CCC(N(CCc3ccccc3)Cc3ccc(C)cc3)C[C@@H]2C(=O)NC2CCC(N)CC2)c1. The van der Waals surface area contributed by atoms with Crippen LogP contribution in [0.2, 0.25) is 0 Å². The summed E-state index contributed by atoms with van der Waals surface area (Å²) < 4.78 is 5.38. The minimum absolute atomic E-state index is 0.0558. The van der Waals surface area contributed by atoms with Crippen LogP contribution in [-0.4, -0.2) is 66.0 Å². The molecule has 1 aliphatic heterocycles. The topological polar surface area (TPSA) is 87.9 Å². The maximum atomic E-state index is 14.0. The number of amides is 2. The molecule has 2 fully saturated rings. The second-order valence-electron chi connectivity index (χ2n) is 12.2. The van der Waals surface area contributed by atoms with Gasteiger partial charge >= 0.3 is 0 Å². The Kier molecular flexibility index (Phi) is 10.5. The van der Waals surface area contributed by atoms with Crippen molar-refractivity contribution in [2.24, 2.45) is 5.73 Å². The molecule has 2 aliphatic rings. The first-order valence-electron chi connectivity index (χ1n) is 15.7. The Bertz CT molecular complexity index is 1340. The average molecular weight is 583 g/mol. The van der Waals surface area contributed by atoms with Gasteiger partial charge in [-0.3, -0.25) is 14.5 Å². The smallest absolute Gasteiger partial charge is 0.254 e. The van der Waals surface area contributed by atoms with Crippen molar-refractivity contribution in [3.63, 3.8) is 0 Å². The zero-order valence-electron chi connectivity index (χ0n) is 25.6. The summed E-state index contributed by atoms with van der Waals surface area (Å²) in [5.74, 6) is 0.447. The van der Waals surface area contributed by atoms with E-state index in [0.29, 0.717) is 24.3 Å². The average Bonchev–Trinajstić information content (AvgIpc) is 3.05. The highest BCUT2D eigenvalue weighted by molar-refractivity contribution is 5.98. The fourth-order valence-corrected chi connectivity index (χ4v) is 6.49. The van der Waals surface area contributed by atoms with Gasteiger partial charge in [0.1, 0.15) is 11.8 Å². The van der Waals surface area contributed by atoms with Crippen LogP contribution >= 0.6 is 0 Å². The third kappa shape index (κ3) is 8.24. The van der Waals surface area contributed by atoms with Crippen LogP contribution < -0.4 is 15.8 Å². The molecule has 3 aromatic carbocycles. The third-order valence-corrected chi connectivity index (χ3v) is 9.13. The van der Waals surface area contributed by atoms with Crippen LogP contribution in [0, 0.1) is 6.92 Å². The number of ether oxygens (including phenoxy) is 1. The molecule has 2 atom stereocenters. The van der Waals surface area contributed by atoms with Gasteiger partial charge in [0.25, 0.3) is 5.91 Å². The molecule has 1 saturated heterocycles. The molecule has 7 heteroatoms. The monoisotopic (exact) mass is 582 g/mol. The Hall–Kier alpha value is -3.68. The predicted octanol–water partition coefficient (Wildman–Crippen LogP) is 5.11. The van der Waals surface area contributed by atoms with E-state index in [9.17, 15) is 9.59 Å². The Morgan fingerprint density at radius 3 is 2.40 bits per heavy atom. The first kappa shape index (κ1) is 30.8. The van der Waals surface area contributed by atoms with Crippen molar-refractivity contribution in [1.29, 1.82) is 0 Å². The van der Waals surface area contributed by atoms with E-state index in [1.165, 1.54) is 16.7 Å². The fraction of sp³-hybridized carbons (Fsp3) is 0.444. The van der Waals surface area contributed by atoms with Gasteiger partial charge in [0, 0.05) is 43.3 Å². The Morgan fingerprint density at radius 2 is 1.67 bits per heavy atom. The fourth-order valence-electron chi connectivity index (χ4n) is 6.49. The number of hydrogen-bond acceptors (Lipinski definition) is 5. The van der Waals surface area contributed by atoms with Gasteiger partial charge in [-0.25, -0.2) is 0 Å². The summed E-state index contributed by atoms with van der Waals surface area (Å²) in [6.45, 7) is 4.30. The Labute approximate surface area is 256 Å². The number of carbonyl (C=O) groups excluding carboxylic acids is 2. The van der Waals surface area contributed by atoms with Gasteiger partial charge < -0.3 is 20.7 Å². The molecule has 0 aromatic heterocycles. The number of aryl methyl sites for hydroxylation is 1. The molecule has 3 aromatic rings. The van der Waals surface area contributed by atoms with Crippen LogP contribution in [0.4, 0.5) is 0 Å². The van der Waals surface area contributed by atoms with Crippen molar-refractivity contribution < 1.29 is 14.3 Å². The van der Waals surface area contributed by atoms with E-state index < -0.39 is 6.04 Å². The molecule has 5 rings (SSSR count). The molecule has 1 heterocycles. The minimum atomic E-state index is -0.551. The number of rotatable bonds is 10. The third-order valence-electron chi connectivity index (χ3n) is 9.13. The summed E-state index contributed by atoms with van der Waals surface area (Å²) in [6, 6.07) is 26.4. The molecule has 3 N–H and O–H groups in total. The number of nitrogens with zero attached hydrogens (tertiary/aromatic N) is 2. The van der Waals surface area contributed by atoms with E-state index in [0.717, 1.165) is 51.6 Å². The van der Waals surface area contributed by atoms with Crippen molar-refractivity contribution in [1.82, 2.24) is 15.1 Å². The summed E-state index contributed by atoms with van der Waals surface area (Å²) >= 11 is 0. The summed E-state index contributed by atoms with van der Waals surface area (Å²) in [5, 5.41) is 3.31. The Balaban J connectivity index is 1.38. The molecule has 43 heavy (non-hydrogen) atoms. The first-order chi connectivity index (χ1) is 20.9. The van der Waals surface area contributed by atoms with Crippen LogP contribution in [0.5, 0.6) is 5.75 Å². The van der Waals surface area contributed by atoms with Crippen LogP contribution in [0.3, 0.4) is 0 Å². The van der Waals surface area contributed by atoms with Gasteiger partial charge in [0.2, 0.25) is 5.91 Å². The number of nitrogens with two attached hydrogens (primary N) is 1. The number of nitrogens with one attached hydrogen (secondary N) is 1. The van der Waals surface area contributed by atoms with E-state index in [1.807, 2.05) is 18.2 Å². The van der Waals surface area contributed by atoms with Crippen LogP contribution in [-0.2, 0) is 17.8 Å². The summed E-state index contributed by atoms with van der Waals surface area (Å²) in [4.78, 5) is 32.2. The molecule has 0 radical (unpaired) electrons. The molecule has 228 valence electrons. The van der Waals surface area contributed by atoms with Crippen molar-refractivity contribution in [2.45, 2.75) is 82.6 Å². The number of likely N-dealkylation sites (tertiary alicyclic amines) is 1. The molecule has 1 saturated carbocycles. The number of piperidine rings is 1. The molecule has 1 aliphatic carbocycles. The van der Waals surface area contributed by atoms with Crippen molar-refractivity contribution >= 4 is 11.8 Å². The van der Waals surface area contributed by atoms with E-state index in [2.05, 4.69) is 65.7 Å². The number of benzene rings is 3. The summed E-state index contributed by atoms with van der Waals surface area (Å²) in [7, 11) is 1.60. The quantitative estimate of drug-likeness (QED) is 0.347. The maximum absolute atomic E-state index is 14.0. The van der Waals surface area contributed by atoms with E-state index in [4.69, 9.17) is 10.5 Å². The normalized spacial score (nSPS) is 22.3. The van der Waals surface area contributed by atoms with Crippen LogP contribution in [0.25, 0.3) is 0 Å². The molecular weight excluding hydrogens is 536 g/mol. The highest BCUT2D eigenvalue weighted by Gasteiger charge is 2.39. The van der Waals surface area contributed by atoms with Crippen molar-refractivity contribution in [3.8, 4) is 5.75 Å². The van der Waals surface area contributed by atoms with Crippen molar-refractivity contribution in [2.75, 3.05) is 20.2 Å². The molecule has 1 unspecified atom stereocenters. The van der Waals surface area contributed by atoms with Gasteiger partial charge in [-0.2, -0.15) is 0 Å². The molecular formula is C36H46N4O3. The molecule has 0 bridgehead atoms. The lowest BCUT2D eigenvalue weighted by molar-refractivity contribution is -0.128. The molecule has 7 nitrogen and oxygen atoms in total. The van der Waals surface area contributed by atoms with Crippen molar-refractivity contribution in [3.05, 3.63) is 101 Å². The second kappa shape index (κ2) is 14.7. The second-order valence-corrected chi connectivity index (χ2v) is 12.2. The zero-order valence-corrected chi connectivity index (χ0v) is 25.6. The Morgan fingerprint density at radius 1 is 0.930 bits per heavy atom. The largest absolute Gasteiger partial charge is 0.497 e. The number of hydrogen-bond donors (Lipinski definition) is 2. The molecule has 0 spiro atoms. The molecule has 2 amide bonds. The van der Waals surface area contributed by atoms with Gasteiger partial charge in [-0.05, 0) is 81.2 Å². The summed E-state index contributed by atoms with van der Waals surface area (Å²) in [5.41, 5.74) is 10.5. The maximum Gasteiger partial charge on any atom is 0.254 e. The van der Waals surface area contributed by atoms with Gasteiger partial charge in [-0.1, -0.05) is 66.2 Å². The van der Waals surface area contributed by atoms with E-state index >= 15 is 0 Å². The van der Waals surface area contributed by atoms with Gasteiger partial charge in [-0.15, -0.1) is 0 Å². The van der Waals surface area contributed by atoms with Crippen LogP contribution in [0.1, 0.15) is 65.6 Å². The number of carbonyl (C=O) groups is 2. The lowest BCUT2D eigenvalue weighted by Gasteiger charge is -2.43.